The summed E-state index contributed by atoms with van der Waals surface area (Å²) in [5.74, 6) is -0.243. The van der Waals surface area contributed by atoms with Crippen LogP contribution in [0.3, 0.4) is 0 Å². The van der Waals surface area contributed by atoms with Gasteiger partial charge in [0.2, 0.25) is 0 Å². The van der Waals surface area contributed by atoms with Gasteiger partial charge in [-0.05, 0) is 11.8 Å². The lowest BCUT2D eigenvalue weighted by atomic mass is 9.76. The molecule has 1 aromatic heterocycles. The molecule has 1 heterocycles. The monoisotopic (exact) mass is 235 g/mol. The van der Waals surface area contributed by atoms with Crippen LogP contribution < -0.4 is 0 Å². The van der Waals surface area contributed by atoms with E-state index in [-0.39, 0.29) is 17.8 Å². The van der Waals surface area contributed by atoms with E-state index in [9.17, 15) is 13.2 Å². The Morgan fingerprint density at radius 2 is 1.94 bits per heavy atom. The molecule has 0 aliphatic heterocycles. The van der Waals surface area contributed by atoms with Gasteiger partial charge < -0.3 is 4.42 Å². The highest BCUT2D eigenvalue weighted by molar-refractivity contribution is 5.05. The number of hydrogen-bond acceptors (Lipinski definition) is 2. The van der Waals surface area contributed by atoms with Crippen molar-refractivity contribution >= 4 is 0 Å². The summed E-state index contributed by atoms with van der Waals surface area (Å²) < 4.78 is 41.4. The molecule has 0 amide bonds. The van der Waals surface area contributed by atoms with Gasteiger partial charge in [-0.25, -0.2) is 4.98 Å². The van der Waals surface area contributed by atoms with Crippen molar-refractivity contribution < 1.29 is 17.6 Å². The van der Waals surface area contributed by atoms with Gasteiger partial charge >= 0.3 is 6.18 Å². The Labute approximate surface area is 92.9 Å². The van der Waals surface area contributed by atoms with Gasteiger partial charge in [0.15, 0.2) is 6.39 Å². The maximum atomic E-state index is 12.2. The summed E-state index contributed by atoms with van der Waals surface area (Å²) >= 11 is 0. The zero-order valence-electron chi connectivity index (χ0n) is 9.64. The molecule has 0 N–H and O–H groups in total. The lowest BCUT2D eigenvalue weighted by molar-refractivity contribution is -0.137. The first kappa shape index (κ1) is 13.1. The van der Waals surface area contributed by atoms with E-state index in [1.54, 1.807) is 0 Å². The normalized spacial score (nSPS) is 15.1. The van der Waals surface area contributed by atoms with Crippen LogP contribution in [0.15, 0.2) is 17.1 Å². The molecular weight excluding hydrogens is 219 g/mol. The van der Waals surface area contributed by atoms with E-state index in [0.29, 0.717) is 5.69 Å². The molecule has 1 rings (SSSR count). The summed E-state index contributed by atoms with van der Waals surface area (Å²) in [6.07, 6.45) is -2.19. The van der Waals surface area contributed by atoms with Gasteiger partial charge in [0.1, 0.15) is 6.26 Å². The molecule has 0 fully saturated rings. The molecule has 0 bridgehead atoms. The van der Waals surface area contributed by atoms with E-state index in [1.807, 2.05) is 20.8 Å². The average Bonchev–Trinajstić information content (AvgIpc) is 2.52. The number of aromatic nitrogens is 1. The second-order valence-corrected chi connectivity index (χ2v) is 4.99. The van der Waals surface area contributed by atoms with Crippen LogP contribution in [-0.2, 0) is 0 Å². The van der Waals surface area contributed by atoms with Crippen molar-refractivity contribution in [1.82, 2.24) is 4.98 Å². The number of halogens is 3. The van der Waals surface area contributed by atoms with Crippen LogP contribution in [0.5, 0.6) is 0 Å². The Morgan fingerprint density at radius 1 is 1.31 bits per heavy atom. The third kappa shape index (κ3) is 3.87. The van der Waals surface area contributed by atoms with Crippen LogP contribution in [0.25, 0.3) is 0 Å². The fraction of sp³-hybridized carbons (Fsp3) is 0.727. The van der Waals surface area contributed by atoms with E-state index in [1.165, 1.54) is 12.7 Å². The maximum absolute atomic E-state index is 12.2. The fourth-order valence-corrected chi connectivity index (χ4v) is 1.73. The van der Waals surface area contributed by atoms with Gasteiger partial charge in [-0.1, -0.05) is 20.8 Å². The number of hydrogen-bond donors (Lipinski definition) is 0. The number of oxazole rings is 1. The largest absolute Gasteiger partial charge is 0.451 e. The van der Waals surface area contributed by atoms with Crippen LogP contribution in [0.4, 0.5) is 13.2 Å². The van der Waals surface area contributed by atoms with Gasteiger partial charge in [-0.15, -0.1) is 0 Å². The third-order valence-electron chi connectivity index (χ3n) is 2.57. The molecule has 1 unspecified atom stereocenters. The summed E-state index contributed by atoms with van der Waals surface area (Å²) in [6.45, 7) is 5.72. The lowest BCUT2D eigenvalue weighted by Gasteiger charge is -2.29. The van der Waals surface area contributed by atoms with Gasteiger partial charge in [0.25, 0.3) is 0 Å². The van der Waals surface area contributed by atoms with E-state index >= 15 is 0 Å². The van der Waals surface area contributed by atoms with Crippen LogP contribution >= 0.6 is 0 Å². The lowest BCUT2D eigenvalue weighted by Crippen LogP contribution is -2.21. The number of rotatable bonds is 3. The molecule has 1 aromatic rings. The van der Waals surface area contributed by atoms with Gasteiger partial charge in [-0.2, -0.15) is 13.2 Å². The van der Waals surface area contributed by atoms with Crippen molar-refractivity contribution in [2.75, 3.05) is 0 Å². The maximum Gasteiger partial charge on any atom is 0.389 e. The summed E-state index contributed by atoms with van der Waals surface area (Å²) in [5, 5.41) is 0. The molecule has 0 aromatic carbocycles. The molecule has 1 atom stereocenters. The highest BCUT2D eigenvalue weighted by Gasteiger charge is 2.34. The van der Waals surface area contributed by atoms with Crippen molar-refractivity contribution in [2.45, 2.75) is 45.7 Å². The SMILES string of the molecule is CC(C)(C)C(CCC(F)(F)F)c1cocn1. The molecular formula is C11H16F3NO. The zero-order valence-corrected chi connectivity index (χ0v) is 9.64. The first-order chi connectivity index (χ1) is 7.20. The predicted octanol–water partition coefficient (Wildman–Crippen LogP) is 4.15. The molecule has 0 spiro atoms. The second-order valence-electron chi connectivity index (χ2n) is 4.99. The Kier molecular flexibility index (Phi) is 3.65. The third-order valence-corrected chi connectivity index (χ3v) is 2.57. The number of nitrogens with zero attached hydrogens (tertiary/aromatic N) is 1. The van der Waals surface area contributed by atoms with Crippen molar-refractivity contribution in [3.63, 3.8) is 0 Å². The number of alkyl halides is 3. The highest BCUT2D eigenvalue weighted by atomic mass is 19.4. The highest BCUT2D eigenvalue weighted by Crippen LogP contribution is 2.40. The Balaban J connectivity index is 2.75. The summed E-state index contributed by atoms with van der Waals surface area (Å²) in [4.78, 5) is 3.95. The quantitative estimate of drug-likeness (QED) is 0.786. The Bertz CT molecular complexity index is 311. The minimum atomic E-state index is -4.12. The van der Waals surface area contributed by atoms with E-state index in [0.717, 1.165) is 0 Å². The predicted molar refractivity (Wildman–Crippen MR) is 54.0 cm³/mol. The molecule has 0 aliphatic rings. The molecule has 0 radical (unpaired) electrons. The summed E-state index contributed by atoms with van der Waals surface area (Å²) in [5.41, 5.74) is 0.332. The van der Waals surface area contributed by atoms with Crippen molar-refractivity contribution in [3.05, 3.63) is 18.4 Å². The van der Waals surface area contributed by atoms with E-state index in [2.05, 4.69) is 4.98 Å². The molecule has 0 aliphatic carbocycles. The van der Waals surface area contributed by atoms with E-state index in [4.69, 9.17) is 4.42 Å². The molecule has 0 saturated carbocycles. The fourth-order valence-electron chi connectivity index (χ4n) is 1.73. The van der Waals surface area contributed by atoms with Gasteiger partial charge in [0, 0.05) is 12.3 Å². The van der Waals surface area contributed by atoms with Crippen molar-refractivity contribution in [2.24, 2.45) is 5.41 Å². The summed E-state index contributed by atoms with van der Waals surface area (Å²) in [6, 6.07) is 0. The Hall–Kier alpha value is -1.00. The smallest absolute Gasteiger partial charge is 0.389 e. The zero-order chi connectivity index (χ0) is 12.4. The van der Waals surface area contributed by atoms with Crippen LogP contribution in [-0.4, -0.2) is 11.2 Å². The Morgan fingerprint density at radius 3 is 2.31 bits per heavy atom. The molecule has 0 saturated heterocycles. The standard InChI is InChI=1S/C11H16F3NO/c1-10(2,3)8(4-5-11(12,13)14)9-6-16-7-15-9/h6-8H,4-5H2,1-3H3. The first-order valence-corrected chi connectivity index (χ1v) is 5.15. The molecule has 5 heteroatoms. The van der Waals surface area contributed by atoms with Crippen molar-refractivity contribution in [1.29, 1.82) is 0 Å². The van der Waals surface area contributed by atoms with Gasteiger partial charge in [-0.3, -0.25) is 0 Å². The van der Waals surface area contributed by atoms with Crippen LogP contribution in [0.2, 0.25) is 0 Å². The molecule has 92 valence electrons. The van der Waals surface area contributed by atoms with Crippen molar-refractivity contribution in [3.8, 4) is 0 Å². The first-order valence-electron chi connectivity index (χ1n) is 5.15. The minimum Gasteiger partial charge on any atom is -0.451 e. The molecule has 16 heavy (non-hydrogen) atoms. The summed E-state index contributed by atoms with van der Waals surface area (Å²) in [7, 11) is 0. The topological polar surface area (TPSA) is 26.0 Å². The van der Waals surface area contributed by atoms with Gasteiger partial charge in [0.05, 0.1) is 5.69 Å². The average molecular weight is 235 g/mol. The minimum absolute atomic E-state index is 0.0412. The van der Waals surface area contributed by atoms with Crippen LogP contribution in [0, 0.1) is 5.41 Å². The molecule has 2 nitrogen and oxygen atoms in total. The second kappa shape index (κ2) is 4.47. The van der Waals surface area contributed by atoms with Crippen LogP contribution in [0.1, 0.15) is 45.2 Å². The van der Waals surface area contributed by atoms with E-state index < -0.39 is 12.6 Å².